The number of furan rings is 2. The molecular formula is C42H33IrN2O3-. The van der Waals surface area contributed by atoms with E-state index in [-0.39, 0.29) is 37.0 Å². The van der Waals surface area contributed by atoms with E-state index in [2.05, 4.69) is 52.4 Å². The van der Waals surface area contributed by atoms with Gasteiger partial charge in [-0.15, -0.1) is 18.2 Å². The minimum Gasteiger partial charge on any atom is -0.507 e. The first-order valence-electron chi connectivity index (χ1n) is 17.9. The number of phenols is 1. The number of hydrogen-bond donors (Lipinski definition) is 1. The van der Waals surface area contributed by atoms with Crippen LogP contribution in [0, 0.1) is 18.3 Å². The third-order valence-corrected chi connectivity index (χ3v) is 8.21. The van der Waals surface area contributed by atoms with Crippen molar-refractivity contribution in [2.75, 3.05) is 0 Å². The van der Waals surface area contributed by atoms with Gasteiger partial charge in [0.25, 0.3) is 0 Å². The Morgan fingerprint density at radius 3 is 2.44 bits per heavy atom. The van der Waals surface area contributed by atoms with Crippen LogP contribution in [0.5, 0.6) is 5.75 Å². The first kappa shape index (κ1) is 26.0. The molecule has 0 saturated carbocycles. The summed E-state index contributed by atoms with van der Waals surface area (Å²) < 4.78 is 53.9. The van der Waals surface area contributed by atoms with Gasteiger partial charge in [0.1, 0.15) is 22.4 Å². The zero-order valence-corrected chi connectivity index (χ0v) is 28.8. The molecule has 0 aliphatic heterocycles. The van der Waals surface area contributed by atoms with Crippen molar-refractivity contribution in [1.82, 2.24) is 9.97 Å². The van der Waals surface area contributed by atoms with E-state index in [0.29, 0.717) is 38.9 Å². The van der Waals surface area contributed by atoms with Gasteiger partial charge in [-0.3, -0.25) is 4.98 Å². The van der Waals surface area contributed by atoms with Crippen LogP contribution in [0.25, 0.3) is 76.8 Å². The summed E-state index contributed by atoms with van der Waals surface area (Å²) in [6.07, 6.45) is 1.04. The van der Waals surface area contributed by atoms with Crippen molar-refractivity contribution >= 4 is 65.6 Å². The number of rotatable bonds is 2. The van der Waals surface area contributed by atoms with Crippen LogP contribution in [-0.4, -0.2) is 15.1 Å². The van der Waals surface area contributed by atoms with Crippen molar-refractivity contribution in [2.45, 2.75) is 34.0 Å². The van der Waals surface area contributed by atoms with Crippen LogP contribution < -0.4 is 0 Å². The Morgan fingerprint density at radius 2 is 1.58 bits per heavy atom. The molecule has 1 radical (unpaired) electrons. The molecular weight excluding hydrogens is 773 g/mol. The number of hydrogen-bond acceptors (Lipinski definition) is 5. The molecule has 0 atom stereocenters. The number of aromatic nitrogens is 2. The summed E-state index contributed by atoms with van der Waals surface area (Å²) in [6.45, 7) is 2.78. The molecule has 4 heterocycles. The number of aryl methyl sites for hydroxylation is 1. The molecule has 239 valence electrons. The first-order chi connectivity index (χ1) is 24.7. The van der Waals surface area contributed by atoms with Crippen LogP contribution in [0.1, 0.15) is 38.8 Å². The molecule has 0 unspecified atom stereocenters. The molecule has 5 aromatic carbocycles. The third kappa shape index (κ3) is 5.51. The molecule has 48 heavy (non-hydrogen) atoms. The zero-order valence-electron chi connectivity index (χ0n) is 31.4. The van der Waals surface area contributed by atoms with Crippen LogP contribution in [0.4, 0.5) is 0 Å². The van der Waals surface area contributed by atoms with E-state index in [4.69, 9.17) is 15.7 Å². The predicted octanol–water partition coefficient (Wildman–Crippen LogP) is 11.3. The third-order valence-electron chi connectivity index (χ3n) is 8.21. The molecule has 0 amide bonds. The molecule has 0 spiro atoms. The SMILES string of the molecule is Oc1cccc2oc3cccnc3c12.[2H]C([2H])([2H])c1cnc(-c2[c-]ccc3c2oc2c3ccc3ccc4ccccc4c32)cc1C([2H])([2H])C(C)(C)C.[Ir]. The van der Waals surface area contributed by atoms with Crippen LogP contribution in [0.3, 0.4) is 0 Å². The average Bonchev–Trinajstić information content (AvgIpc) is 3.70. The van der Waals surface area contributed by atoms with Gasteiger partial charge in [-0.05, 0) is 70.3 Å². The number of fused-ring (bicyclic) bond motifs is 10. The van der Waals surface area contributed by atoms with Crippen molar-refractivity contribution in [3.63, 3.8) is 0 Å². The van der Waals surface area contributed by atoms with Crippen molar-refractivity contribution < 1.29 is 40.9 Å². The normalized spacial score (nSPS) is 13.9. The van der Waals surface area contributed by atoms with E-state index in [1.54, 1.807) is 51.2 Å². The fourth-order valence-electron chi connectivity index (χ4n) is 6.20. The summed E-state index contributed by atoms with van der Waals surface area (Å²) in [6, 6.07) is 33.9. The Morgan fingerprint density at radius 1 is 0.792 bits per heavy atom. The quantitative estimate of drug-likeness (QED) is 0.139. The van der Waals surface area contributed by atoms with Crippen LogP contribution in [0.15, 0.2) is 118 Å². The number of benzene rings is 5. The van der Waals surface area contributed by atoms with E-state index >= 15 is 0 Å². The molecule has 0 saturated heterocycles. The summed E-state index contributed by atoms with van der Waals surface area (Å²) in [5.41, 5.74) is 3.57. The van der Waals surface area contributed by atoms with E-state index in [1.165, 1.54) is 6.20 Å². The van der Waals surface area contributed by atoms with E-state index in [1.807, 2.05) is 36.4 Å². The second-order valence-electron chi connectivity index (χ2n) is 12.6. The average molecular weight is 811 g/mol. The number of phenolic OH excluding ortho intramolecular Hbond substituents is 1. The maximum atomic E-state index is 9.66. The largest absolute Gasteiger partial charge is 0.507 e. The molecule has 0 fully saturated rings. The Balaban J connectivity index is 0.000000242. The molecule has 4 aromatic heterocycles. The van der Waals surface area contributed by atoms with Gasteiger partial charge in [-0.1, -0.05) is 97.9 Å². The van der Waals surface area contributed by atoms with Crippen molar-refractivity contribution in [2.24, 2.45) is 5.41 Å². The second-order valence-corrected chi connectivity index (χ2v) is 12.6. The van der Waals surface area contributed by atoms with E-state index in [0.717, 1.165) is 37.9 Å². The topological polar surface area (TPSA) is 72.3 Å². The minimum absolute atomic E-state index is 0. The van der Waals surface area contributed by atoms with Crippen molar-refractivity contribution in [3.05, 3.63) is 127 Å². The molecule has 0 bridgehead atoms. The summed E-state index contributed by atoms with van der Waals surface area (Å²) in [5.74, 6) is 0.208. The Hall–Kier alpha value is -5.03. The standard InChI is InChI=1S/C31H26NO.C11H7NO2.Ir/c1-19-18-32-27(16-22(19)17-31(2,3)4)26-11-7-10-24-25-15-14-21-13-12-20-8-5-6-9-23(20)28(21)30(25)33-29(24)26;13-7-3-1-4-8-10(7)11-9(14-8)5-2-6-12-11;/h5-10,12-16,18H,17H2,1-4H3;1-6,13H;/q-1;;/i1D3,17D2;;. The van der Waals surface area contributed by atoms with Gasteiger partial charge >= 0.3 is 0 Å². The predicted molar refractivity (Wildman–Crippen MR) is 192 cm³/mol. The van der Waals surface area contributed by atoms with Gasteiger partial charge in [0.05, 0.1) is 11.0 Å². The smallest absolute Gasteiger partial charge is 0.154 e. The van der Waals surface area contributed by atoms with Gasteiger partial charge in [-0.2, -0.15) is 0 Å². The Kier molecular flexibility index (Phi) is 6.61. The first-order valence-corrected chi connectivity index (χ1v) is 15.4. The van der Waals surface area contributed by atoms with Crippen LogP contribution in [-0.2, 0) is 26.5 Å². The number of pyridine rings is 2. The minimum atomic E-state index is -2.51. The molecule has 9 rings (SSSR count). The molecule has 0 aliphatic carbocycles. The Labute approximate surface area is 298 Å². The van der Waals surface area contributed by atoms with Crippen LogP contribution >= 0.6 is 0 Å². The summed E-state index contributed by atoms with van der Waals surface area (Å²) in [7, 11) is 0. The fourth-order valence-corrected chi connectivity index (χ4v) is 6.20. The summed E-state index contributed by atoms with van der Waals surface area (Å²) in [4.78, 5) is 8.66. The van der Waals surface area contributed by atoms with E-state index < -0.39 is 18.6 Å². The van der Waals surface area contributed by atoms with Gasteiger partial charge in [0, 0.05) is 50.1 Å². The van der Waals surface area contributed by atoms with Gasteiger partial charge in [0.2, 0.25) is 0 Å². The number of nitrogens with zero attached hydrogens (tertiary/aromatic N) is 2. The van der Waals surface area contributed by atoms with Crippen molar-refractivity contribution in [1.29, 1.82) is 0 Å². The van der Waals surface area contributed by atoms with Crippen LogP contribution in [0.2, 0.25) is 0 Å². The monoisotopic (exact) mass is 811 g/mol. The maximum Gasteiger partial charge on any atom is 0.154 e. The molecule has 5 nitrogen and oxygen atoms in total. The zero-order chi connectivity index (χ0) is 36.6. The second kappa shape index (κ2) is 12.2. The summed E-state index contributed by atoms with van der Waals surface area (Å²) in [5, 5.41) is 16.5. The molecule has 6 heteroatoms. The molecule has 9 aromatic rings. The van der Waals surface area contributed by atoms with Gasteiger partial charge < -0.3 is 18.9 Å². The fraction of sp³-hybridized carbons (Fsp3) is 0.143. The van der Waals surface area contributed by atoms with E-state index in [9.17, 15) is 5.11 Å². The number of aromatic hydroxyl groups is 1. The van der Waals surface area contributed by atoms with Gasteiger partial charge in [0.15, 0.2) is 5.58 Å². The van der Waals surface area contributed by atoms with Crippen molar-refractivity contribution in [3.8, 4) is 17.0 Å². The molecule has 1 N–H and O–H groups in total. The Bertz CT molecular complexity index is 2840. The summed E-state index contributed by atoms with van der Waals surface area (Å²) >= 11 is 0. The maximum absolute atomic E-state index is 9.66. The van der Waals surface area contributed by atoms with Gasteiger partial charge in [-0.25, -0.2) is 0 Å². The molecule has 0 aliphatic rings.